The van der Waals surface area contributed by atoms with E-state index < -0.39 is 101 Å². The maximum absolute atomic E-state index is 14.4. The highest BCUT2D eigenvalue weighted by Gasteiger charge is 2.39. The van der Waals surface area contributed by atoms with Gasteiger partial charge in [-0.15, -0.1) is 0 Å². The number of likely N-dealkylation sites (tertiary alicyclic amines) is 1. The van der Waals surface area contributed by atoms with Gasteiger partial charge in [0.2, 0.25) is 29.5 Å². The van der Waals surface area contributed by atoms with Gasteiger partial charge in [0.15, 0.2) is 0 Å². The number of rotatable bonds is 22. The summed E-state index contributed by atoms with van der Waals surface area (Å²) in [4.78, 5) is 110. The predicted molar refractivity (Wildman–Crippen MR) is 253 cm³/mol. The van der Waals surface area contributed by atoms with Crippen LogP contribution in [0.3, 0.4) is 0 Å². The number of alkyl carbamates (subject to hydrolysis) is 2. The molecule has 0 aromatic heterocycles. The molecule has 2 aromatic rings. The van der Waals surface area contributed by atoms with E-state index in [-0.39, 0.29) is 63.3 Å². The number of nitrogens with one attached hydrogen (secondary N) is 6. The zero-order valence-corrected chi connectivity index (χ0v) is 41.1. The van der Waals surface area contributed by atoms with Gasteiger partial charge in [-0.2, -0.15) is 0 Å². The molecule has 0 bridgehead atoms. The van der Waals surface area contributed by atoms with Crippen molar-refractivity contribution in [1.29, 1.82) is 0 Å². The standard InChI is InChI=1S/C49H73N7O12/c1-29(2)26-35(41(59)53-37(28-31-16-12-11-13-17-31)44(62)56-25-15-19-38(56)45(63)64)52-40(58)34(18-14-24-50-46(65)67-48(5,6)7)51-43(61)39(30(3)4)55-42(60)36(54-47(66)68-49(8,9)10)27-32-20-22-33(57)23-21-32/h11-13,16-17,20-23,29-30,34-39,57H,14-15,18-19,24-28H2,1-10H3,(H,50,65)(H,51,61)(H,52,58)(H,53,59)(H,54,66)(H,55,60)(H,63,64)/t34-,35-,36+,37+,38-,39-/m0/s1. The summed E-state index contributed by atoms with van der Waals surface area (Å²) >= 11 is 0. The van der Waals surface area contributed by atoms with Crippen molar-refractivity contribution in [2.75, 3.05) is 13.1 Å². The molecular formula is C49H73N7O12. The van der Waals surface area contributed by atoms with Gasteiger partial charge in [-0.25, -0.2) is 14.4 Å². The second-order valence-electron chi connectivity index (χ2n) is 19.9. The number of carboxylic acids is 1. The molecule has 1 aliphatic heterocycles. The zero-order valence-electron chi connectivity index (χ0n) is 41.1. The van der Waals surface area contributed by atoms with Gasteiger partial charge in [0.25, 0.3) is 0 Å². The topological polar surface area (TPSA) is 271 Å². The van der Waals surface area contributed by atoms with Crippen LogP contribution < -0.4 is 31.9 Å². The van der Waals surface area contributed by atoms with Crippen molar-refractivity contribution in [2.45, 2.75) is 162 Å². The molecule has 2 aromatic carbocycles. The van der Waals surface area contributed by atoms with Crippen molar-refractivity contribution < 1.29 is 58.0 Å². The highest BCUT2D eigenvalue weighted by atomic mass is 16.6. The van der Waals surface area contributed by atoms with Crippen LogP contribution in [-0.4, -0.2) is 123 Å². The maximum atomic E-state index is 14.4. The molecule has 1 aliphatic rings. The average molecular weight is 952 g/mol. The first-order valence-corrected chi connectivity index (χ1v) is 23.3. The molecule has 3 rings (SSSR count). The molecule has 8 N–H and O–H groups in total. The Bertz CT molecular complexity index is 2030. The van der Waals surface area contributed by atoms with E-state index in [2.05, 4.69) is 31.9 Å². The molecule has 6 atom stereocenters. The van der Waals surface area contributed by atoms with Crippen LogP contribution in [0.2, 0.25) is 0 Å². The van der Waals surface area contributed by atoms with Gasteiger partial charge >= 0.3 is 18.2 Å². The molecule has 7 amide bonds. The maximum Gasteiger partial charge on any atom is 0.408 e. The zero-order chi connectivity index (χ0) is 50.9. The van der Waals surface area contributed by atoms with Crippen LogP contribution in [0.25, 0.3) is 0 Å². The summed E-state index contributed by atoms with van der Waals surface area (Å²) in [5.74, 6) is -5.39. The van der Waals surface area contributed by atoms with E-state index >= 15 is 0 Å². The molecule has 376 valence electrons. The summed E-state index contributed by atoms with van der Waals surface area (Å²) < 4.78 is 10.7. The van der Waals surface area contributed by atoms with E-state index in [1.54, 1.807) is 97.9 Å². The second kappa shape index (κ2) is 25.7. The number of carboxylic acid groups (broad SMARTS) is 1. The van der Waals surface area contributed by atoms with Crippen LogP contribution in [0, 0.1) is 11.8 Å². The van der Waals surface area contributed by atoms with Gasteiger partial charge in [0.1, 0.15) is 53.2 Å². The molecule has 19 nitrogen and oxygen atoms in total. The molecule has 1 fully saturated rings. The number of amides is 7. The quantitative estimate of drug-likeness (QED) is 0.0776. The van der Waals surface area contributed by atoms with Crippen LogP contribution in [0.15, 0.2) is 54.6 Å². The van der Waals surface area contributed by atoms with Gasteiger partial charge < -0.3 is 56.5 Å². The molecular weight excluding hydrogens is 879 g/mol. The molecule has 0 aliphatic carbocycles. The highest BCUT2D eigenvalue weighted by molar-refractivity contribution is 5.97. The van der Waals surface area contributed by atoms with Gasteiger partial charge in [-0.3, -0.25) is 24.0 Å². The van der Waals surface area contributed by atoms with E-state index in [0.29, 0.717) is 17.5 Å². The number of carbonyl (C=O) groups excluding carboxylic acids is 7. The average Bonchev–Trinajstić information content (AvgIpc) is 3.73. The SMILES string of the molecule is CC(C)C[C@H](NC(=O)[C@H](CCCNC(=O)OC(C)(C)C)NC(=O)[C@@H](NC(=O)[C@@H](Cc1ccc(O)cc1)NC(=O)OC(C)(C)C)C(C)C)C(=O)N[C@H](Cc1ccccc1)C(=O)N1CCC[C@H]1C(=O)O. The molecule has 68 heavy (non-hydrogen) atoms. The normalized spacial score (nSPS) is 16.1. The first kappa shape index (κ1) is 55.9. The van der Waals surface area contributed by atoms with Crippen molar-refractivity contribution in [1.82, 2.24) is 36.8 Å². The Morgan fingerprint density at radius 2 is 1.19 bits per heavy atom. The van der Waals surface area contributed by atoms with Crippen LogP contribution >= 0.6 is 0 Å². The van der Waals surface area contributed by atoms with Crippen molar-refractivity contribution in [2.24, 2.45) is 11.8 Å². The van der Waals surface area contributed by atoms with Crippen molar-refractivity contribution in [3.63, 3.8) is 0 Å². The van der Waals surface area contributed by atoms with E-state index in [4.69, 9.17) is 9.47 Å². The summed E-state index contributed by atoms with van der Waals surface area (Å²) in [6.45, 7) is 17.4. The third-order valence-corrected chi connectivity index (χ3v) is 10.7. The van der Waals surface area contributed by atoms with Crippen molar-refractivity contribution >= 4 is 47.7 Å². The summed E-state index contributed by atoms with van der Waals surface area (Å²) in [7, 11) is 0. The second-order valence-corrected chi connectivity index (χ2v) is 19.9. The minimum Gasteiger partial charge on any atom is -0.508 e. The van der Waals surface area contributed by atoms with E-state index in [1.807, 2.05) is 13.8 Å². The Labute approximate surface area is 399 Å². The molecule has 0 saturated carbocycles. The Morgan fingerprint density at radius 3 is 1.76 bits per heavy atom. The number of ether oxygens (including phenoxy) is 2. The van der Waals surface area contributed by atoms with Crippen LogP contribution in [-0.2, 0) is 51.1 Å². The summed E-state index contributed by atoms with van der Waals surface area (Å²) in [5.41, 5.74) is -0.371. The minimum absolute atomic E-state index is 0.00249. The number of hydrogen-bond donors (Lipinski definition) is 8. The van der Waals surface area contributed by atoms with Crippen molar-refractivity contribution in [3.05, 3.63) is 65.7 Å². The number of hydrogen-bond acceptors (Lipinski definition) is 11. The Balaban J connectivity index is 1.92. The number of aromatic hydroxyl groups is 1. The lowest BCUT2D eigenvalue weighted by Gasteiger charge is -2.30. The van der Waals surface area contributed by atoms with Gasteiger partial charge in [0, 0.05) is 25.9 Å². The lowest BCUT2D eigenvalue weighted by atomic mass is 9.99. The fourth-order valence-electron chi connectivity index (χ4n) is 7.44. The number of aliphatic carboxylic acids is 1. The van der Waals surface area contributed by atoms with Crippen LogP contribution in [0.4, 0.5) is 9.59 Å². The van der Waals surface area contributed by atoms with E-state index in [1.165, 1.54) is 17.0 Å². The largest absolute Gasteiger partial charge is 0.508 e. The molecule has 0 unspecified atom stereocenters. The van der Waals surface area contributed by atoms with Crippen LogP contribution in [0.1, 0.15) is 112 Å². The van der Waals surface area contributed by atoms with Crippen molar-refractivity contribution in [3.8, 4) is 5.75 Å². The number of phenols is 1. The van der Waals surface area contributed by atoms with Gasteiger partial charge in [0.05, 0.1) is 0 Å². The van der Waals surface area contributed by atoms with Gasteiger partial charge in [-0.05, 0) is 109 Å². The number of nitrogens with zero attached hydrogens (tertiary/aromatic N) is 1. The third kappa shape index (κ3) is 19.4. The lowest BCUT2D eigenvalue weighted by molar-refractivity contribution is -0.149. The third-order valence-electron chi connectivity index (χ3n) is 10.7. The molecule has 0 spiro atoms. The number of carbonyl (C=O) groups is 8. The lowest BCUT2D eigenvalue weighted by Crippen LogP contribution is -2.60. The highest BCUT2D eigenvalue weighted by Crippen LogP contribution is 2.21. The van der Waals surface area contributed by atoms with E-state index in [9.17, 15) is 48.6 Å². The first-order valence-electron chi connectivity index (χ1n) is 23.3. The van der Waals surface area contributed by atoms with Gasteiger partial charge in [-0.1, -0.05) is 70.2 Å². The van der Waals surface area contributed by atoms with Crippen LogP contribution in [0.5, 0.6) is 5.75 Å². The monoisotopic (exact) mass is 952 g/mol. The number of phenolic OH excluding ortho intramolecular Hbond substituents is 1. The number of benzene rings is 2. The molecule has 1 saturated heterocycles. The smallest absolute Gasteiger partial charge is 0.408 e. The summed E-state index contributed by atoms with van der Waals surface area (Å²) in [6, 6.07) is 7.68. The predicted octanol–water partition coefficient (Wildman–Crippen LogP) is 4.09. The summed E-state index contributed by atoms with van der Waals surface area (Å²) in [6.07, 6.45) is -0.598. The fraction of sp³-hybridized carbons (Fsp3) is 0.592. The fourth-order valence-corrected chi connectivity index (χ4v) is 7.44. The molecule has 0 radical (unpaired) electrons. The Hall–Kier alpha value is -6.40. The first-order chi connectivity index (χ1) is 31.7. The molecule has 19 heteroatoms. The summed E-state index contributed by atoms with van der Waals surface area (Å²) in [5, 5.41) is 35.9. The minimum atomic E-state index is -1.32. The Morgan fingerprint density at radius 1 is 0.662 bits per heavy atom. The van der Waals surface area contributed by atoms with E-state index in [0.717, 1.165) is 0 Å². The molecule has 1 heterocycles. The Kier molecular flexibility index (Phi) is 21.1.